The van der Waals surface area contributed by atoms with Crippen molar-refractivity contribution in [2.75, 3.05) is 13.6 Å². The number of hydrogen-bond acceptors (Lipinski definition) is 3. The Morgan fingerprint density at radius 3 is 2.27 bits per heavy atom. The van der Waals surface area contributed by atoms with Crippen molar-refractivity contribution in [1.29, 1.82) is 0 Å². The second-order valence-electron chi connectivity index (χ2n) is 3.92. The zero-order valence-electron chi connectivity index (χ0n) is 10.0. The largest absolute Gasteiger partial charge is 0.330 e. The van der Waals surface area contributed by atoms with Crippen LogP contribution in [0.3, 0.4) is 0 Å². The second-order valence-corrected chi connectivity index (χ2v) is 5.68. The predicted octanol–water partition coefficient (Wildman–Crippen LogP) is 0.288. The van der Waals surface area contributed by atoms with E-state index in [1.165, 1.54) is 4.31 Å². The average Bonchev–Trinajstić information content (AvgIpc) is 2.15. The minimum Gasteiger partial charge on any atom is -0.330 e. The van der Waals surface area contributed by atoms with Gasteiger partial charge < -0.3 is 5.73 Å². The van der Waals surface area contributed by atoms with Crippen LogP contribution < -0.4 is 10.5 Å². The van der Waals surface area contributed by atoms with Crippen molar-refractivity contribution >= 4 is 10.2 Å². The fraction of sp³-hybridized carbons (Fsp3) is 1.00. The molecule has 0 bridgehead atoms. The molecular weight excluding hydrogens is 214 g/mol. The van der Waals surface area contributed by atoms with Gasteiger partial charge in [-0.25, -0.2) is 0 Å². The van der Waals surface area contributed by atoms with E-state index in [-0.39, 0.29) is 12.1 Å². The first-order valence-electron chi connectivity index (χ1n) is 5.30. The van der Waals surface area contributed by atoms with E-state index in [0.717, 1.165) is 6.42 Å². The Morgan fingerprint density at radius 2 is 1.93 bits per heavy atom. The Balaban J connectivity index is 4.48. The summed E-state index contributed by atoms with van der Waals surface area (Å²) in [6.45, 7) is 6.11. The SMILES string of the molecule is CCC(CCN)NS(=O)(=O)N(C)C(C)C. The van der Waals surface area contributed by atoms with Gasteiger partial charge in [0, 0.05) is 19.1 Å². The van der Waals surface area contributed by atoms with Crippen molar-refractivity contribution in [2.45, 2.75) is 45.7 Å². The lowest BCUT2D eigenvalue weighted by molar-refractivity contribution is 0.392. The molecule has 0 fully saturated rings. The summed E-state index contributed by atoms with van der Waals surface area (Å²) in [5, 5.41) is 0. The first-order chi connectivity index (χ1) is 6.85. The average molecular weight is 237 g/mol. The van der Waals surface area contributed by atoms with Crippen LogP contribution in [0.25, 0.3) is 0 Å². The van der Waals surface area contributed by atoms with E-state index >= 15 is 0 Å². The summed E-state index contributed by atoms with van der Waals surface area (Å²) in [6, 6.07) is -0.112. The second kappa shape index (κ2) is 6.42. The first kappa shape index (κ1) is 14.8. The molecule has 6 heteroatoms. The Kier molecular flexibility index (Phi) is 6.35. The molecule has 0 aromatic rings. The van der Waals surface area contributed by atoms with Crippen LogP contribution in [-0.4, -0.2) is 38.4 Å². The fourth-order valence-electron chi connectivity index (χ4n) is 1.12. The standard InChI is InChI=1S/C9H23N3O2S/c1-5-9(6-7-10)11-15(13,14)12(4)8(2)3/h8-9,11H,5-7,10H2,1-4H3. The third kappa shape index (κ3) is 4.92. The highest BCUT2D eigenvalue weighted by molar-refractivity contribution is 7.87. The van der Waals surface area contributed by atoms with Gasteiger partial charge in [-0.2, -0.15) is 17.4 Å². The van der Waals surface area contributed by atoms with E-state index in [1.54, 1.807) is 7.05 Å². The van der Waals surface area contributed by atoms with Crippen molar-refractivity contribution in [3.05, 3.63) is 0 Å². The highest BCUT2D eigenvalue weighted by atomic mass is 32.2. The van der Waals surface area contributed by atoms with Crippen molar-refractivity contribution in [2.24, 2.45) is 5.73 Å². The molecule has 92 valence electrons. The van der Waals surface area contributed by atoms with Gasteiger partial charge in [0.25, 0.3) is 10.2 Å². The molecule has 0 aromatic heterocycles. The molecule has 1 atom stereocenters. The molecule has 0 radical (unpaired) electrons. The lowest BCUT2D eigenvalue weighted by atomic mass is 10.2. The molecule has 0 aliphatic carbocycles. The lowest BCUT2D eigenvalue weighted by Gasteiger charge is -2.24. The van der Waals surface area contributed by atoms with E-state index in [9.17, 15) is 8.42 Å². The molecule has 0 saturated heterocycles. The van der Waals surface area contributed by atoms with E-state index in [1.807, 2.05) is 20.8 Å². The predicted molar refractivity (Wildman–Crippen MR) is 62.7 cm³/mol. The van der Waals surface area contributed by atoms with Crippen LogP contribution in [0.4, 0.5) is 0 Å². The molecule has 0 aliphatic rings. The van der Waals surface area contributed by atoms with Gasteiger partial charge in [0.2, 0.25) is 0 Å². The van der Waals surface area contributed by atoms with Gasteiger partial charge in [-0.1, -0.05) is 6.92 Å². The van der Waals surface area contributed by atoms with Gasteiger partial charge in [0.05, 0.1) is 0 Å². The summed E-state index contributed by atoms with van der Waals surface area (Å²) in [4.78, 5) is 0. The molecule has 0 aliphatic heterocycles. The minimum atomic E-state index is -3.37. The number of rotatable bonds is 7. The lowest BCUT2D eigenvalue weighted by Crippen LogP contribution is -2.46. The van der Waals surface area contributed by atoms with Crippen LogP contribution >= 0.6 is 0 Å². The zero-order valence-corrected chi connectivity index (χ0v) is 10.8. The third-order valence-corrected chi connectivity index (χ3v) is 4.24. The van der Waals surface area contributed by atoms with E-state index < -0.39 is 10.2 Å². The van der Waals surface area contributed by atoms with Gasteiger partial charge in [-0.05, 0) is 33.2 Å². The van der Waals surface area contributed by atoms with Crippen LogP contribution in [0.1, 0.15) is 33.6 Å². The van der Waals surface area contributed by atoms with E-state index in [2.05, 4.69) is 4.72 Å². The van der Waals surface area contributed by atoms with Crippen LogP contribution in [0.2, 0.25) is 0 Å². The van der Waals surface area contributed by atoms with Crippen molar-refractivity contribution < 1.29 is 8.42 Å². The summed E-state index contributed by atoms with van der Waals surface area (Å²) in [5.74, 6) is 0. The van der Waals surface area contributed by atoms with Gasteiger partial charge in [0.15, 0.2) is 0 Å². The highest BCUT2D eigenvalue weighted by Gasteiger charge is 2.22. The number of nitrogens with one attached hydrogen (secondary N) is 1. The Hall–Kier alpha value is -0.170. The normalized spacial score (nSPS) is 14.9. The molecule has 15 heavy (non-hydrogen) atoms. The summed E-state index contributed by atoms with van der Waals surface area (Å²) in [6.07, 6.45) is 1.42. The number of nitrogens with two attached hydrogens (primary N) is 1. The molecule has 3 N–H and O–H groups in total. The molecule has 0 rings (SSSR count). The molecule has 0 saturated carbocycles. The van der Waals surface area contributed by atoms with Crippen LogP contribution in [0, 0.1) is 0 Å². The molecule has 5 nitrogen and oxygen atoms in total. The maximum absolute atomic E-state index is 11.8. The molecular formula is C9H23N3O2S. The summed E-state index contributed by atoms with van der Waals surface area (Å²) in [5.41, 5.74) is 5.41. The first-order valence-corrected chi connectivity index (χ1v) is 6.74. The van der Waals surface area contributed by atoms with E-state index in [4.69, 9.17) is 5.73 Å². The Labute approximate surface area is 93.2 Å². The molecule has 1 unspecified atom stereocenters. The molecule has 0 amide bonds. The smallest absolute Gasteiger partial charge is 0.279 e. The topological polar surface area (TPSA) is 75.4 Å². The van der Waals surface area contributed by atoms with Crippen LogP contribution in [0.5, 0.6) is 0 Å². The Morgan fingerprint density at radius 1 is 1.40 bits per heavy atom. The molecule has 0 spiro atoms. The third-order valence-electron chi connectivity index (χ3n) is 2.43. The van der Waals surface area contributed by atoms with Crippen molar-refractivity contribution in [3.8, 4) is 0 Å². The van der Waals surface area contributed by atoms with Gasteiger partial charge in [0.1, 0.15) is 0 Å². The van der Waals surface area contributed by atoms with Crippen LogP contribution in [-0.2, 0) is 10.2 Å². The van der Waals surface area contributed by atoms with Crippen molar-refractivity contribution in [3.63, 3.8) is 0 Å². The molecule has 0 aromatic carbocycles. The maximum Gasteiger partial charge on any atom is 0.279 e. The monoisotopic (exact) mass is 237 g/mol. The fourth-order valence-corrected chi connectivity index (χ4v) is 2.55. The summed E-state index contributed by atoms with van der Waals surface area (Å²) >= 11 is 0. The van der Waals surface area contributed by atoms with Gasteiger partial charge in [-0.15, -0.1) is 0 Å². The van der Waals surface area contributed by atoms with Gasteiger partial charge >= 0.3 is 0 Å². The summed E-state index contributed by atoms with van der Waals surface area (Å²) in [7, 11) is -1.79. The number of hydrogen-bond donors (Lipinski definition) is 2. The quantitative estimate of drug-likeness (QED) is 0.668. The maximum atomic E-state index is 11.8. The Bertz CT molecular complexity index is 265. The van der Waals surface area contributed by atoms with Gasteiger partial charge in [-0.3, -0.25) is 0 Å². The minimum absolute atomic E-state index is 0.0436. The van der Waals surface area contributed by atoms with Crippen molar-refractivity contribution in [1.82, 2.24) is 9.03 Å². The summed E-state index contributed by atoms with van der Waals surface area (Å²) < 4.78 is 27.5. The zero-order chi connectivity index (χ0) is 12.1. The van der Waals surface area contributed by atoms with E-state index in [0.29, 0.717) is 13.0 Å². The number of nitrogens with zero attached hydrogens (tertiary/aromatic N) is 1. The molecule has 0 heterocycles. The highest BCUT2D eigenvalue weighted by Crippen LogP contribution is 2.05. The van der Waals surface area contributed by atoms with Crippen LogP contribution in [0.15, 0.2) is 0 Å².